The summed E-state index contributed by atoms with van der Waals surface area (Å²) in [6.07, 6.45) is 0.885. The van der Waals surface area contributed by atoms with E-state index >= 15 is 0 Å². The third-order valence-corrected chi connectivity index (χ3v) is 8.12. The van der Waals surface area contributed by atoms with Crippen molar-refractivity contribution in [1.29, 1.82) is 0 Å². The summed E-state index contributed by atoms with van der Waals surface area (Å²) in [7, 11) is -7.65. The number of anilines is 1. The van der Waals surface area contributed by atoms with Crippen molar-refractivity contribution in [2.24, 2.45) is 0 Å². The number of nitrogens with one attached hydrogen (secondary N) is 1. The number of halogens is 1. The van der Waals surface area contributed by atoms with Crippen molar-refractivity contribution < 1.29 is 30.8 Å². The Morgan fingerprint density at radius 1 is 1.06 bits per heavy atom. The fourth-order valence-electron chi connectivity index (χ4n) is 3.37. The smallest absolute Gasteiger partial charge is 0.310 e. The third-order valence-electron chi connectivity index (χ3n) is 4.91. The molecule has 8 nitrogen and oxygen atoms in total. The molecule has 0 saturated carbocycles. The lowest BCUT2D eigenvalue weighted by Gasteiger charge is -2.09. The molecule has 0 aliphatic heterocycles. The predicted octanol–water partition coefficient (Wildman–Crippen LogP) is 3.09. The van der Waals surface area contributed by atoms with Crippen LogP contribution >= 0.6 is 0 Å². The van der Waals surface area contributed by atoms with Crippen LogP contribution < -0.4 is 4.72 Å². The number of fused-ring (bicyclic) bond motifs is 1. The molecule has 0 bridgehead atoms. The lowest BCUT2D eigenvalue weighted by Crippen LogP contribution is -2.14. The highest BCUT2D eigenvalue weighted by Gasteiger charge is 2.28. The summed E-state index contributed by atoms with van der Waals surface area (Å²) in [5.41, 5.74) is 1.33. The zero-order valence-corrected chi connectivity index (χ0v) is 19.4. The molecule has 3 aromatic rings. The van der Waals surface area contributed by atoms with E-state index in [0.29, 0.717) is 16.6 Å². The Kier molecular flexibility index (Phi) is 6.61. The summed E-state index contributed by atoms with van der Waals surface area (Å²) in [4.78, 5) is 12.0. The Morgan fingerprint density at radius 2 is 1.72 bits per heavy atom. The quantitative estimate of drug-likeness (QED) is 0.494. The summed E-state index contributed by atoms with van der Waals surface area (Å²) < 4.78 is 72.9. The minimum Gasteiger partial charge on any atom is -0.466 e. The predicted molar refractivity (Wildman–Crippen MR) is 117 cm³/mol. The monoisotopic (exact) mass is 482 g/mol. The number of aromatic nitrogens is 1. The van der Waals surface area contributed by atoms with Gasteiger partial charge in [-0.15, -0.1) is 0 Å². The first-order valence-corrected chi connectivity index (χ1v) is 12.9. The number of carbonyl (C=O) groups excluding carboxylic acids is 1. The van der Waals surface area contributed by atoms with Gasteiger partial charge in [0.15, 0.2) is 0 Å². The van der Waals surface area contributed by atoms with Gasteiger partial charge in [0, 0.05) is 11.9 Å². The van der Waals surface area contributed by atoms with E-state index in [1.54, 1.807) is 13.8 Å². The van der Waals surface area contributed by atoms with Crippen LogP contribution in [0.25, 0.3) is 5.52 Å². The van der Waals surface area contributed by atoms with Gasteiger partial charge in [-0.05, 0) is 68.3 Å². The van der Waals surface area contributed by atoms with E-state index in [-0.39, 0.29) is 34.4 Å². The summed E-state index contributed by atoms with van der Waals surface area (Å²) in [6.45, 7) is 4.88. The van der Waals surface area contributed by atoms with Crippen LogP contribution in [0.4, 0.5) is 10.1 Å². The molecule has 3 rings (SSSR count). The number of nitrogens with zero attached hydrogens (tertiary/aromatic N) is 1. The van der Waals surface area contributed by atoms with E-state index in [1.165, 1.54) is 47.7 Å². The molecule has 2 heterocycles. The molecule has 0 fully saturated rings. The summed E-state index contributed by atoms with van der Waals surface area (Å²) in [6, 6.07) is 7.82. The molecule has 0 amide bonds. The topological polar surface area (TPSA) is 111 Å². The van der Waals surface area contributed by atoms with Crippen LogP contribution in [-0.2, 0) is 35.8 Å². The molecule has 0 atom stereocenters. The molecule has 0 saturated heterocycles. The molecule has 0 radical (unpaired) electrons. The van der Waals surface area contributed by atoms with Gasteiger partial charge < -0.3 is 9.14 Å². The average molecular weight is 483 g/mol. The van der Waals surface area contributed by atoms with Gasteiger partial charge >= 0.3 is 5.97 Å². The first-order chi connectivity index (χ1) is 15.0. The minimum atomic E-state index is -4.14. The second-order valence-electron chi connectivity index (χ2n) is 7.03. The number of sulfone groups is 1. The molecule has 0 aliphatic rings. The third kappa shape index (κ3) is 4.63. The van der Waals surface area contributed by atoms with Crippen molar-refractivity contribution in [3.63, 3.8) is 0 Å². The van der Waals surface area contributed by atoms with Crippen LogP contribution in [0.2, 0.25) is 0 Å². The molecule has 11 heteroatoms. The molecular weight excluding hydrogens is 459 g/mol. The van der Waals surface area contributed by atoms with E-state index in [9.17, 15) is 26.0 Å². The SMILES string of the molecule is CCOC(=O)Cc1c(C)c(S(=O)(=O)c2ccc(NS(=O)(=O)CC)cc2)n2cc(F)ccc12. The Balaban J connectivity index is 2.12. The van der Waals surface area contributed by atoms with Crippen molar-refractivity contribution in [1.82, 2.24) is 4.40 Å². The number of carbonyl (C=O) groups is 1. The van der Waals surface area contributed by atoms with E-state index < -0.39 is 31.6 Å². The van der Waals surface area contributed by atoms with Gasteiger partial charge in [0.05, 0.1) is 29.2 Å². The lowest BCUT2D eigenvalue weighted by atomic mass is 10.1. The maximum Gasteiger partial charge on any atom is 0.310 e. The second kappa shape index (κ2) is 8.91. The van der Waals surface area contributed by atoms with Gasteiger partial charge in [-0.2, -0.15) is 0 Å². The summed E-state index contributed by atoms with van der Waals surface area (Å²) in [5.74, 6) is -1.29. The average Bonchev–Trinajstić information content (AvgIpc) is 2.99. The highest BCUT2D eigenvalue weighted by molar-refractivity contribution is 7.92. The van der Waals surface area contributed by atoms with Gasteiger partial charge in [-0.25, -0.2) is 21.2 Å². The molecule has 32 heavy (non-hydrogen) atoms. The molecule has 0 aliphatic carbocycles. The number of hydrogen-bond donors (Lipinski definition) is 1. The fraction of sp³-hybridized carbons (Fsp3) is 0.286. The molecule has 172 valence electrons. The van der Waals surface area contributed by atoms with E-state index in [2.05, 4.69) is 4.72 Å². The van der Waals surface area contributed by atoms with Gasteiger partial charge in [-0.1, -0.05) is 0 Å². The number of ether oxygens (including phenoxy) is 1. The van der Waals surface area contributed by atoms with E-state index in [1.807, 2.05) is 0 Å². The van der Waals surface area contributed by atoms with Crippen LogP contribution in [0.3, 0.4) is 0 Å². The first kappa shape index (κ1) is 23.7. The number of hydrogen-bond acceptors (Lipinski definition) is 6. The Morgan fingerprint density at radius 3 is 2.31 bits per heavy atom. The van der Waals surface area contributed by atoms with Crippen LogP contribution in [0.1, 0.15) is 25.0 Å². The van der Waals surface area contributed by atoms with Crippen molar-refractivity contribution in [2.45, 2.75) is 37.1 Å². The number of rotatable bonds is 8. The molecule has 1 aromatic carbocycles. The maximum absolute atomic E-state index is 14.0. The van der Waals surface area contributed by atoms with Gasteiger partial charge in [0.2, 0.25) is 19.9 Å². The minimum absolute atomic E-state index is 0.105. The van der Waals surface area contributed by atoms with Crippen molar-refractivity contribution in [3.8, 4) is 0 Å². The lowest BCUT2D eigenvalue weighted by molar-refractivity contribution is -0.142. The fourth-order valence-corrected chi connectivity index (χ4v) is 5.66. The van der Waals surface area contributed by atoms with Crippen molar-refractivity contribution in [3.05, 3.63) is 59.5 Å². The van der Waals surface area contributed by atoms with E-state index in [4.69, 9.17) is 4.74 Å². The summed E-state index contributed by atoms with van der Waals surface area (Å²) >= 11 is 0. The first-order valence-electron chi connectivity index (χ1n) is 9.80. The van der Waals surface area contributed by atoms with Crippen LogP contribution in [0, 0.1) is 12.7 Å². The van der Waals surface area contributed by atoms with Crippen LogP contribution in [-0.4, -0.2) is 39.6 Å². The number of pyridine rings is 1. The standard InChI is InChI=1S/C21H23FN2O6S2/c1-4-30-20(25)12-18-14(3)21(24-13-15(22)6-11-19(18)24)32(28,29)17-9-7-16(8-10-17)23-31(26,27)5-2/h6-11,13,23H,4-5,12H2,1-3H3. The number of esters is 1. The molecule has 2 aromatic heterocycles. The highest BCUT2D eigenvalue weighted by atomic mass is 32.2. The molecule has 0 spiro atoms. The van der Waals surface area contributed by atoms with Gasteiger partial charge in [0.25, 0.3) is 0 Å². The molecule has 0 unspecified atom stereocenters. The maximum atomic E-state index is 14.0. The second-order valence-corrected chi connectivity index (χ2v) is 10.9. The Bertz CT molecular complexity index is 1380. The van der Waals surface area contributed by atoms with Crippen LogP contribution in [0.5, 0.6) is 0 Å². The largest absolute Gasteiger partial charge is 0.466 e. The highest BCUT2D eigenvalue weighted by Crippen LogP contribution is 2.32. The number of sulfonamides is 1. The van der Waals surface area contributed by atoms with Crippen molar-refractivity contribution in [2.75, 3.05) is 17.1 Å². The zero-order valence-electron chi connectivity index (χ0n) is 17.8. The van der Waals surface area contributed by atoms with Gasteiger partial charge in [0.1, 0.15) is 10.8 Å². The normalized spacial score (nSPS) is 12.1. The zero-order chi connectivity index (χ0) is 23.7. The molecular formula is C21H23FN2O6S2. The number of benzene rings is 1. The van der Waals surface area contributed by atoms with E-state index in [0.717, 1.165) is 6.20 Å². The Hall–Kier alpha value is -2.92. The van der Waals surface area contributed by atoms with Gasteiger partial charge in [-0.3, -0.25) is 9.52 Å². The van der Waals surface area contributed by atoms with Crippen molar-refractivity contribution >= 4 is 37.0 Å². The molecule has 1 N–H and O–H groups in total. The van der Waals surface area contributed by atoms with Crippen LogP contribution in [0.15, 0.2) is 52.5 Å². The summed E-state index contributed by atoms with van der Waals surface area (Å²) in [5, 5.41) is -0.173. The Labute approximate surface area is 186 Å².